The van der Waals surface area contributed by atoms with Crippen molar-refractivity contribution in [1.29, 1.82) is 0 Å². The molecule has 0 aliphatic heterocycles. The van der Waals surface area contributed by atoms with E-state index in [9.17, 15) is 0 Å². The zero-order chi connectivity index (χ0) is 10.3. The van der Waals surface area contributed by atoms with Gasteiger partial charge in [0.25, 0.3) is 0 Å². The summed E-state index contributed by atoms with van der Waals surface area (Å²) < 4.78 is 11.1. The van der Waals surface area contributed by atoms with Gasteiger partial charge < -0.3 is 15.2 Å². The smallest absolute Gasteiger partial charge is 0.170 e. The minimum atomic E-state index is -0.245. The summed E-state index contributed by atoms with van der Waals surface area (Å²) in [5.41, 5.74) is 5.53. The van der Waals surface area contributed by atoms with E-state index >= 15 is 0 Å². The zero-order valence-electron chi connectivity index (χ0n) is 9.66. The van der Waals surface area contributed by atoms with Crippen LogP contribution in [0, 0.1) is 0 Å². The molecule has 0 rings (SSSR count). The Morgan fingerprint density at radius 3 is 1.57 bits per heavy atom. The molecular formula is C10H24BrNO2. The molecule has 0 aliphatic rings. The van der Waals surface area contributed by atoms with Crippen LogP contribution in [0.4, 0.5) is 0 Å². The van der Waals surface area contributed by atoms with Crippen molar-refractivity contribution in [2.24, 2.45) is 5.73 Å². The summed E-state index contributed by atoms with van der Waals surface area (Å²) in [6.07, 6.45) is 2.17. The Balaban J connectivity index is 0. The molecule has 0 aromatic heterocycles. The highest BCUT2D eigenvalue weighted by Crippen LogP contribution is 2.07. The van der Waals surface area contributed by atoms with Crippen molar-refractivity contribution < 1.29 is 9.47 Å². The van der Waals surface area contributed by atoms with Gasteiger partial charge in [0.1, 0.15) is 0 Å². The van der Waals surface area contributed by atoms with Gasteiger partial charge in [-0.05, 0) is 26.7 Å². The lowest BCUT2D eigenvalue weighted by Gasteiger charge is -2.23. The van der Waals surface area contributed by atoms with E-state index in [1.54, 1.807) is 0 Å². The van der Waals surface area contributed by atoms with Gasteiger partial charge in [0.05, 0.1) is 12.2 Å². The lowest BCUT2D eigenvalue weighted by Crippen LogP contribution is -2.32. The van der Waals surface area contributed by atoms with Crippen LogP contribution in [0.3, 0.4) is 0 Å². The average Bonchev–Trinajstić information content (AvgIpc) is 2.16. The Bertz CT molecular complexity index is 113. The van der Waals surface area contributed by atoms with Crippen molar-refractivity contribution in [3.05, 3.63) is 0 Å². The number of hydrogen-bond acceptors (Lipinski definition) is 3. The van der Waals surface area contributed by atoms with Crippen LogP contribution in [0.2, 0.25) is 0 Å². The molecule has 0 saturated heterocycles. The zero-order valence-corrected chi connectivity index (χ0v) is 11.4. The van der Waals surface area contributed by atoms with Crippen LogP contribution < -0.4 is 5.73 Å². The van der Waals surface area contributed by atoms with Gasteiger partial charge in [0, 0.05) is 6.54 Å². The first-order chi connectivity index (χ1) is 6.13. The molecule has 0 aliphatic carbocycles. The lowest BCUT2D eigenvalue weighted by molar-refractivity contribution is -0.182. The molecule has 0 saturated carbocycles. The van der Waals surface area contributed by atoms with E-state index in [4.69, 9.17) is 15.2 Å². The third-order valence-electron chi connectivity index (χ3n) is 2.11. The van der Waals surface area contributed by atoms with E-state index in [2.05, 4.69) is 13.8 Å². The maximum absolute atomic E-state index is 5.57. The molecular weight excluding hydrogens is 246 g/mol. The summed E-state index contributed by atoms with van der Waals surface area (Å²) in [6, 6.07) is 0. The summed E-state index contributed by atoms with van der Waals surface area (Å²) in [5, 5.41) is 0. The Kier molecular flexibility index (Phi) is 11.9. The molecule has 0 spiro atoms. The van der Waals surface area contributed by atoms with Crippen LogP contribution in [-0.2, 0) is 9.47 Å². The number of rotatable bonds is 7. The van der Waals surface area contributed by atoms with Crippen molar-refractivity contribution in [1.82, 2.24) is 0 Å². The summed E-state index contributed by atoms with van der Waals surface area (Å²) in [6.45, 7) is 8.66. The first-order valence-corrected chi connectivity index (χ1v) is 5.14. The SMILES string of the molecule is Br.CCC(C)OC(CN)OC(C)CC. The molecule has 0 aromatic rings. The van der Waals surface area contributed by atoms with E-state index in [1.807, 2.05) is 13.8 Å². The number of halogens is 1. The molecule has 88 valence electrons. The van der Waals surface area contributed by atoms with Crippen LogP contribution in [0.5, 0.6) is 0 Å². The first-order valence-electron chi connectivity index (χ1n) is 5.14. The highest BCUT2D eigenvalue weighted by atomic mass is 79.9. The fourth-order valence-corrected chi connectivity index (χ4v) is 0.854. The largest absolute Gasteiger partial charge is 0.348 e. The van der Waals surface area contributed by atoms with Crippen LogP contribution in [-0.4, -0.2) is 25.0 Å². The second-order valence-electron chi connectivity index (χ2n) is 3.38. The predicted octanol–water partition coefficient (Wildman–Crippen LogP) is 2.48. The van der Waals surface area contributed by atoms with Gasteiger partial charge in [-0.3, -0.25) is 0 Å². The Labute approximate surface area is 98.1 Å². The van der Waals surface area contributed by atoms with Crippen LogP contribution >= 0.6 is 17.0 Å². The summed E-state index contributed by atoms with van der Waals surface area (Å²) in [4.78, 5) is 0. The van der Waals surface area contributed by atoms with Gasteiger partial charge in [-0.15, -0.1) is 17.0 Å². The van der Waals surface area contributed by atoms with E-state index in [0.29, 0.717) is 6.54 Å². The predicted molar refractivity (Wildman–Crippen MR) is 64.8 cm³/mol. The van der Waals surface area contributed by atoms with Gasteiger partial charge in [-0.25, -0.2) is 0 Å². The van der Waals surface area contributed by atoms with Gasteiger partial charge in [0.15, 0.2) is 6.29 Å². The lowest BCUT2D eigenvalue weighted by atomic mass is 10.3. The van der Waals surface area contributed by atoms with E-state index in [0.717, 1.165) is 12.8 Å². The molecule has 0 radical (unpaired) electrons. The minimum absolute atomic E-state index is 0. The highest BCUT2D eigenvalue weighted by Gasteiger charge is 2.13. The summed E-state index contributed by atoms with van der Waals surface area (Å²) in [5.74, 6) is 0. The second kappa shape index (κ2) is 9.90. The van der Waals surface area contributed by atoms with Crippen molar-refractivity contribution in [3.63, 3.8) is 0 Å². The molecule has 0 fully saturated rings. The molecule has 14 heavy (non-hydrogen) atoms. The van der Waals surface area contributed by atoms with Crippen LogP contribution in [0.1, 0.15) is 40.5 Å². The standard InChI is InChI=1S/C10H23NO2.BrH/c1-5-8(3)12-10(7-11)13-9(4)6-2;/h8-10H,5-7,11H2,1-4H3;1H. The van der Waals surface area contributed by atoms with Crippen molar-refractivity contribution >= 4 is 17.0 Å². The Morgan fingerprint density at radius 2 is 1.36 bits per heavy atom. The molecule has 2 unspecified atom stereocenters. The molecule has 3 nitrogen and oxygen atoms in total. The molecule has 4 heteroatoms. The molecule has 0 heterocycles. The molecule has 2 atom stereocenters. The fraction of sp³-hybridized carbons (Fsp3) is 1.00. The molecule has 0 bridgehead atoms. The van der Waals surface area contributed by atoms with Gasteiger partial charge in [0.2, 0.25) is 0 Å². The maximum atomic E-state index is 5.57. The van der Waals surface area contributed by atoms with E-state index in [1.165, 1.54) is 0 Å². The van der Waals surface area contributed by atoms with Crippen molar-refractivity contribution in [2.75, 3.05) is 6.54 Å². The summed E-state index contributed by atoms with van der Waals surface area (Å²) in [7, 11) is 0. The Morgan fingerprint density at radius 1 is 1.00 bits per heavy atom. The first kappa shape index (κ1) is 16.8. The number of hydrogen-bond donors (Lipinski definition) is 1. The van der Waals surface area contributed by atoms with Gasteiger partial charge >= 0.3 is 0 Å². The summed E-state index contributed by atoms with van der Waals surface area (Å²) >= 11 is 0. The Hall–Kier alpha value is 0.360. The number of nitrogens with two attached hydrogens (primary N) is 1. The minimum Gasteiger partial charge on any atom is -0.348 e. The normalized spacial score (nSPS) is 16.9. The van der Waals surface area contributed by atoms with Crippen LogP contribution in [0.15, 0.2) is 0 Å². The molecule has 0 amide bonds. The third-order valence-corrected chi connectivity index (χ3v) is 2.11. The van der Waals surface area contributed by atoms with Gasteiger partial charge in [-0.1, -0.05) is 13.8 Å². The van der Waals surface area contributed by atoms with Gasteiger partial charge in [-0.2, -0.15) is 0 Å². The average molecular weight is 270 g/mol. The number of ether oxygens (including phenoxy) is 2. The van der Waals surface area contributed by atoms with Crippen molar-refractivity contribution in [2.45, 2.75) is 59.0 Å². The van der Waals surface area contributed by atoms with E-state index < -0.39 is 0 Å². The third kappa shape index (κ3) is 7.74. The van der Waals surface area contributed by atoms with Crippen molar-refractivity contribution in [3.8, 4) is 0 Å². The monoisotopic (exact) mass is 269 g/mol. The molecule has 0 aromatic carbocycles. The second-order valence-corrected chi connectivity index (χ2v) is 3.38. The fourth-order valence-electron chi connectivity index (χ4n) is 0.854. The highest BCUT2D eigenvalue weighted by molar-refractivity contribution is 8.93. The molecule has 2 N–H and O–H groups in total. The van der Waals surface area contributed by atoms with Crippen LogP contribution in [0.25, 0.3) is 0 Å². The topological polar surface area (TPSA) is 44.5 Å². The maximum Gasteiger partial charge on any atom is 0.170 e. The quantitative estimate of drug-likeness (QED) is 0.723. The van der Waals surface area contributed by atoms with E-state index in [-0.39, 0.29) is 35.5 Å².